The van der Waals surface area contributed by atoms with E-state index in [9.17, 15) is 16.8 Å². The second-order valence-corrected chi connectivity index (χ2v) is 8.62. The Kier molecular flexibility index (Phi) is 4.74. The molecule has 0 aliphatic rings. The molecule has 0 amide bonds. The average molecular weight is 347 g/mol. The molecular formula is C9H12Cl2N2O4S2. The monoisotopic (exact) mass is 346 g/mol. The molecule has 0 atom stereocenters. The van der Waals surface area contributed by atoms with Gasteiger partial charge in [-0.05, 0) is 26.0 Å². The number of rotatable bonds is 4. The minimum atomic E-state index is -3.97. The molecule has 0 heterocycles. The van der Waals surface area contributed by atoms with Gasteiger partial charge in [0.05, 0.1) is 25.9 Å². The van der Waals surface area contributed by atoms with Crippen molar-refractivity contribution in [2.75, 3.05) is 4.72 Å². The summed E-state index contributed by atoms with van der Waals surface area (Å²) in [5.74, 6) is 0. The van der Waals surface area contributed by atoms with Gasteiger partial charge in [-0.3, -0.25) is 4.72 Å². The van der Waals surface area contributed by atoms with Crippen LogP contribution in [0.15, 0.2) is 17.0 Å². The van der Waals surface area contributed by atoms with Gasteiger partial charge < -0.3 is 0 Å². The summed E-state index contributed by atoms with van der Waals surface area (Å²) in [5.41, 5.74) is -0.0792. The van der Waals surface area contributed by atoms with E-state index in [4.69, 9.17) is 28.3 Å². The maximum absolute atomic E-state index is 11.7. The van der Waals surface area contributed by atoms with Crippen LogP contribution < -0.4 is 9.86 Å². The highest BCUT2D eigenvalue weighted by molar-refractivity contribution is 7.93. The molecule has 0 bridgehead atoms. The minimum Gasteiger partial charge on any atom is -0.280 e. The number of nitrogens with two attached hydrogens (primary N) is 1. The Balaban J connectivity index is 3.35. The van der Waals surface area contributed by atoms with Crippen molar-refractivity contribution in [2.24, 2.45) is 5.14 Å². The van der Waals surface area contributed by atoms with Crippen LogP contribution in [0.3, 0.4) is 0 Å². The van der Waals surface area contributed by atoms with E-state index in [1.54, 1.807) is 0 Å². The fraction of sp³-hybridized carbons (Fsp3) is 0.333. The Morgan fingerprint density at radius 1 is 1.11 bits per heavy atom. The lowest BCUT2D eigenvalue weighted by atomic mass is 10.3. The molecule has 10 heteroatoms. The van der Waals surface area contributed by atoms with Crippen LogP contribution in [-0.2, 0) is 20.0 Å². The quantitative estimate of drug-likeness (QED) is 0.866. The van der Waals surface area contributed by atoms with Crippen LogP contribution in [-0.4, -0.2) is 22.1 Å². The highest BCUT2D eigenvalue weighted by Crippen LogP contribution is 2.34. The van der Waals surface area contributed by atoms with Crippen LogP contribution in [0.1, 0.15) is 13.8 Å². The van der Waals surface area contributed by atoms with Gasteiger partial charge in [-0.1, -0.05) is 23.2 Å². The minimum absolute atomic E-state index is 0.0792. The first-order chi connectivity index (χ1) is 8.45. The number of hydrogen-bond donors (Lipinski definition) is 2. The lowest BCUT2D eigenvalue weighted by molar-refractivity contribution is 0.592. The normalized spacial score (nSPS) is 12.7. The molecule has 0 saturated carbocycles. The molecule has 1 rings (SSSR count). The molecule has 0 aliphatic heterocycles. The fourth-order valence-electron chi connectivity index (χ4n) is 1.07. The van der Waals surface area contributed by atoms with Crippen LogP contribution in [0, 0.1) is 0 Å². The van der Waals surface area contributed by atoms with Gasteiger partial charge in [-0.25, -0.2) is 22.0 Å². The number of hydrogen-bond acceptors (Lipinski definition) is 4. The van der Waals surface area contributed by atoms with Gasteiger partial charge in [0.15, 0.2) is 0 Å². The summed E-state index contributed by atoms with van der Waals surface area (Å²) in [6.07, 6.45) is 0. The van der Waals surface area contributed by atoms with Gasteiger partial charge in [0.25, 0.3) is 0 Å². The third kappa shape index (κ3) is 3.96. The van der Waals surface area contributed by atoms with Gasteiger partial charge in [0.1, 0.15) is 0 Å². The predicted molar refractivity (Wildman–Crippen MR) is 75.5 cm³/mol. The van der Waals surface area contributed by atoms with Crippen molar-refractivity contribution >= 4 is 48.9 Å². The van der Waals surface area contributed by atoms with E-state index in [1.807, 2.05) is 0 Å². The zero-order valence-corrected chi connectivity index (χ0v) is 13.2. The number of benzene rings is 1. The molecule has 1 aromatic carbocycles. The van der Waals surface area contributed by atoms with Gasteiger partial charge in [0, 0.05) is 0 Å². The van der Waals surface area contributed by atoms with E-state index < -0.39 is 25.3 Å². The van der Waals surface area contributed by atoms with Gasteiger partial charge in [-0.15, -0.1) is 0 Å². The van der Waals surface area contributed by atoms with Crippen molar-refractivity contribution in [3.05, 3.63) is 22.2 Å². The third-order valence-corrected chi connectivity index (χ3v) is 5.43. The van der Waals surface area contributed by atoms with Crippen molar-refractivity contribution in [3.63, 3.8) is 0 Å². The number of nitrogens with one attached hydrogen (secondary N) is 1. The third-order valence-electron chi connectivity index (χ3n) is 2.21. The van der Waals surface area contributed by atoms with Crippen LogP contribution in [0.4, 0.5) is 5.69 Å². The van der Waals surface area contributed by atoms with Gasteiger partial charge in [0.2, 0.25) is 20.0 Å². The summed E-state index contributed by atoms with van der Waals surface area (Å²) in [6, 6.07) is 2.06. The molecule has 0 fully saturated rings. The fourth-order valence-corrected chi connectivity index (χ4v) is 3.20. The molecule has 0 saturated heterocycles. The van der Waals surface area contributed by atoms with Crippen molar-refractivity contribution in [2.45, 2.75) is 24.0 Å². The summed E-state index contributed by atoms with van der Waals surface area (Å²) >= 11 is 11.6. The first kappa shape index (κ1) is 16.5. The second kappa shape index (κ2) is 5.45. The van der Waals surface area contributed by atoms with E-state index in [1.165, 1.54) is 13.8 Å². The summed E-state index contributed by atoms with van der Waals surface area (Å²) in [7, 11) is -7.61. The maximum Gasteiger partial charge on any atom is 0.238 e. The Labute approximate surface area is 122 Å². The van der Waals surface area contributed by atoms with E-state index in [0.29, 0.717) is 0 Å². The van der Waals surface area contributed by atoms with E-state index in [0.717, 1.165) is 12.1 Å². The molecule has 0 aromatic heterocycles. The lowest BCUT2D eigenvalue weighted by Gasteiger charge is -2.14. The van der Waals surface area contributed by atoms with Crippen molar-refractivity contribution < 1.29 is 16.8 Å². The molecule has 0 unspecified atom stereocenters. The Morgan fingerprint density at radius 3 is 1.84 bits per heavy atom. The lowest BCUT2D eigenvalue weighted by Crippen LogP contribution is -2.23. The van der Waals surface area contributed by atoms with Crippen molar-refractivity contribution in [1.82, 2.24) is 0 Å². The highest BCUT2D eigenvalue weighted by Gasteiger charge is 2.21. The molecule has 6 nitrogen and oxygen atoms in total. The average Bonchev–Trinajstić information content (AvgIpc) is 2.21. The molecule has 1 aromatic rings. The predicted octanol–water partition coefficient (Wildman–Crippen LogP) is 1.79. The van der Waals surface area contributed by atoms with Crippen molar-refractivity contribution in [1.29, 1.82) is 0 Å². The molecule has 0 spiro atoms. The summed E-state index contributed by atoms with van der Waals surface area (Å²) < 4.78 is 48.0. The van der Waals surface area contributed by atoms with E-state index >= 15 is 0 Å². The Bertz CT molecular complexity index is 676. The molecule has 108 valence electrons. The van der Waals surface area contributed by atoms with Crippen LogP contribution in [0.25, 0.3) is 0 Å². The molecule has 0 radical (unpaired) electrons. The molecular weight excluding hydrogens is 335 g/mol. The standard InChI is InChI=1S/C9H12Cl2N2O4S2/c1-5(2)19(16,17)13-9-7(10)3-6(4-8(9)11)18(12,14)15/h3-5,13H,1-2H3,(H2,12,14,15). The number of halogens is 2. The van der Waals surface area contributed by atoms with E-state index in [2.05, 4.69) is 4.72 Å². The van der Waals surface area contributed by atoms with E-state index in [-0.39, 0.29) is 20.6 Å². The topological polar surface area (TPSA) is 106 Å². The first-order valence-electron chi connectivity index (χ1n) is 4.98. The Morgan fingerprint density at radius 2 is 1.53 bits per heavy atom. The summed E-state index contributed by atoms with van der Waals surface area (Å²) in [5, 5.41) is 3.94. The summed E-state index contributed by atoms with van der Waals surface area (Å²) in [4.78, 5) is -0.296. The first-order valence-corrected chi connectivity index (χ1v) is 8.83. The summed E-state index contributed by atoms with van der Waals surface area (Å²) in [6.45, 7) is 2.95. The molecule has 0 aliphatic carbocycles. The number of sulfonamides is 2. The smallest absolute Gasteiger partial charge is 0.238 e. The zero-order chi connectivity index (χ0) is 15.0. The van der Waals surface area contributed by atoms with Crippen LogP contribution in [0.2, 0.25) is 10.0 Å². The largest absolute Gasteiger partial charge is 0.280 e. The van der Waals surface area contributed by atoms with Crippen LogP contribution in [0.5, 0.6) is 0 Å². The second-order valence-electron chi connectivity index (χ2n) is 4.00. The maximum atomic E-state index is 11.7. The highest BCUT2D eigenvalue weighted by atomic mass is 35.5. The molecule has 19 heavy (non-hydrogen) atoms. The van der Waals surface area contributed by atoms with Gasteiger partial charge >= 0.3 is 0 Å². The number of primary sulfonamides is 1. The van der Waals surface area contributed by atoms with Crippen LogP contribution >= 0.6 is 23.2 Å². The van der Waals surface area contributed by atoms with Crippen molar-refractivity contribution in [3.8, 4) is 0 Å². The van der Waals surface area contributed by atoms with Gasteiger partial charge in [-0.2, -0.15) is 0 Å². The molecule has 3 N–H and O–H groups in total. The number of anilines is 1. The SMILES string of the molecule is CC(C)S(=O)(=O)Nc1c(Cl)cc(S(N)(=O)=O)cc1Cl. The zero-order valence-electron chi connectivity index (χ0n) is 10.0. The Hall–Kier alpha value is -0.540.